The van der Waals surface area contributed by atoms with Gasteiger partial charge in [-0.15, -0.1) is 0 Å². The highest BCUT2D eigenvalue weighted by molar-refractivity contribution is 7.80. The summed E-state index contributed by atoms with van der Waals surface area (Å²) in [6.07, 6.45) is 0. The minimum Gasteiger partial charge on any atom is -0.506 e. The normalized spacial score (nSPS) is 11.0. The second-order valence-corrected chi connectivity index (χ2v) is 6.02. The maximum atomic E-state index is 11.8. The molecule has 4 nitrogen and oxygen atoms in total. The molecule has 0 aromatic heterocycles. The largest absolute Gasteiger partial charge is 0.506 e. The number of benzene rings is 1. The average Bonchev–Trinajstić information content (AvgIpc) is 2.24. The summed E-state index contributed by atoms with van der Waals surface area (Å²) in [5, 5.41) is 15.4. The van der Waals surface area contributed by atoms with Gasteiger partial charge in [0.15, 0.2) is 5.11 Å². The number of phenolic OH excluding ortho intramolecular Hbond substituents is 1. The summed E-state index contributed by atoms with van der Waals surface area (Å²) in [7, 11) is 0. The molecule has 3 N–H and O–H groups in total. The minimum atomic E-state index is -0.517. The van der Waals surface area contributed by atoms with Gasteiger partial charge >= 0.3 is 0 Å². The molecule has 0 radical (unpaired) electrons. The quantitative estimate of drug-likeness (QED) is 0.547. The van der Waals surface area contributed by atoms with Gasteiger partial charge in [0.25, 0.3) is 0 Å². The molecule has 0 aliphatic rings. The van der Waals surface area contributed by atoms with Crippen LogP contribution >= 0.6 is 12.2 Å². The van der Waals surface area contributed by atoms with Crippen molar-refractivity contribution in [2.24, 2.45) is 5.41 Å². The molecule has 0 fully saturated rings. The molecule has 1 aromatic rings. The van der Waals surface area contributed by atoms with Crippen LogP contribution in [0.5, 0.6) is 5.75 Å². The van der Waals surface area contributed by atoms with Crippen molar-refractivity contribution in [2.45, 2.75) is 34.6 Å². The van der Waals surface area contributed by atoms with Crippen LogP contribution < -0.4 is 10.6 Å². The van der Waals surface area contributed by atoms with Crippen LogP contribution in [0.25, 0.3) is 0 Å². The van der Waals surface area contributed by atoms with Gasteiger partial charge in [-0.3, -0.25) is 4.79 Å². The molecule has 0 saturated carbocycles. The van der Waals surface area contributed by atoms with Gasteiger partial charge in [-0.05, 0) is 49.3 Å². The first-order valence-electron chi connectivity index (χ1n) is 6.04. The summed E-state index contributed by atoms with van der Waals surface area (Å²) in [5.74, 6) is -0.0659. The van der Waals surface area contributed by atoms with Crippen molar-refractivity contribution < 1.29 is 9.90 Å². The highest BCUT2D eigenvalue weighted by Crippen LogP contribution is 2.26. The van der Waals surface area contributed by atoms with Crippen LogP contribution in [0.1, 0.15) is 31.9 Å². The van der Waals surface area contributed by atoms with Crippen molar-refractivity contribution in [1.82, 2.24) is 5.32 Å². The summed E-state index contributed by atoms with van der Waals surface area (Å²) in [6, 6.07) is 3.45. The van der Waals surface area contributed by atoms with E-state index in [2.05, 4.69) is 10.6 Å². The molecule has 1 aromatic carbocycles. The highest BCUT2D eigenvalue weighted by atomic mass is 32.1. The first kappa shape index (κ1) is 15.4. The van der Waals surface area contributed by atoms with E-state index in [1.807, 2.05) is 13.8 Å². The fourth-order valence-corrected chi connectivity index (χ4v) is 1.55. The van der Waals surface area contributed by atoms with E-state index in [-0.39, 0.29) is 16.8 Å². The molecule has 0 aliphatic heterocycles. The molecule has 0 atom stereocenters. The molecule has 0 bridgehead atoms. The third-order valence-electron chi connectivity index (χ3n) is 2.77. The number of rotatable bonds is 1. The van der Waals surface area contributed by atoms with E-state index in [0.717, 1.165) is 11.1 Å². The van der Waals surface area contributed by atoms with Gasteiger partial charge in [0.05, 0.1) is 5.69 Å². The molecule has 1 rings (SSSR count). The van der Waals surface area contributed by atoms with E-state index in [0.29, 0.717) is 5.69 Å². The van der Waals surface area contributed by atoms with Crippen molar-refractivity contribution >= 4 is 28.9 Å². The Morgan fingerprint density at radius 2 is 1.74 bits per heavy atom. The van der Waals surface area contributed by atoms with Gasteiger partial charge < -0.3 is 15.7 Å². The van der Waals surface area contributed by atoms with Gasteiger partial charge in [0.2, 0.25) is 5.91 Å². The second-order valence-electron chi connectivity index (χ2n) is 5.61. The third-order valence-corrected chi connectivity index (χ3v) is 2.97. The Bertz CT molecular complexity index is 519. The minimum absolute atomic E-state index is 0.107. The number of nitrogens with one attached hydrogen (secondary N) is 2. The SMILES string of the molecule is Cc1cc(O)c(NC(=S)NC(=O)C(C)(C)C)cc1C. The fraction of sp³-hybridized carbons (Fsp3) is 0.429. The zero-order valence-electron chi connectivity index (χ0n) is 11.9. The number of aromatic hydroxyl groups is 1. The molecule has 0 heterocycles. The van der Waals surface area contributed by atoms with Crippen LogP contribution in [0, 0.1) is 19.3 Å². The van der Waals surface area contributed by atoms with Crippen molar-refractivity contribution in [1.29, 1.82) is 0 Å². The lowest BCUT2D eigenvalue weighted by molar-refractivity contribution is -0.126. The van der Waals surface area contributed by atoms with Crippen molar-refractivity contribution in [2.75, 3.05) is 5.32 Å². The molecule has 0 aliphatic carbocycles. The Hall–Kier alpha value is -1.62. The van der Waals surface area contributed by atoms with Crippen LogP contribution in [0.2, 0.25) is 0 Å². The molecule has 0 unspecified atom stereocenters. The number of thiocarbonyl (C=S) groups is 1. The number of hydrogen-bond donors (Lipinski definition) is 3. The Kier molecular flexibility index (Phi) is 4.52. The summed E-state index contributed by atoms with van der Waals surface area (Å²) >= 11 is 5.06. The van der Waals surface area contributed by atoms with E-state index in [1.54, 1.807) is 32.9 Å². The first-order chi connectivity index (χ1) is 8.61. The van der Waals surface area contributed by atoms with E-state index in [4.69, 9.17) is 12.2 Å². The van der Waals surface area contributed by atoms with Crippen molar-refractivity contribution in [3.63, 3.8) is 0 Å². The Morgan fingerprint density at radius 1 is 1.21 bits per heavy atom. The summed E-state index contributed by atoms with van der Waals surface area (Å²) in [6.45, 7) is 9.27. The van der Waals surface area contributed by atoms with Gasteiger partial charge in [-0.2, -0.15) is 0 Å². The predicted octanol–water partition coefficient (Wildman–Crippen LogP) is 2.87. The lowest BCUT2D eigenvalue weighted by Gasteiger charge is -2.19. The molecule has 0 saturated heterocycles. The molecular formula is C14H20N2O2S. The maximum absolute atomic E-state index is 11.8. The van der Waals surface area contributed by atoms with Crippen LogP contribution in [0.3, 0.4) is 0 Å². The van der Waals surface area contributed by atoms with E-state index < -0.39 is 5.41 Å². The summed E-state index contributed by atoms with van der Waals surface area (Å²) in [5.41, 5.74) is 2.00. The number of phenols is 1. The zero-order valence-corrected chi connectivity index (χ0v) is 12.7. The van der Waals surface area contributed by atoms with Gasteiger partial charge in [-0.1, -0.05) is 20.8 Å². The van der Waals surface area contributed by atoms with Crippen molar-refractivity contribution in [3.05, 3.63) is 23.3 Å². The van der Waals surface area contributed by atoms with Gasteiger partial charge in [-0.25, -0.2) is 0 Å². The summed E-state index contributed by atoms with van der Waals surface area (Å²) in [4.78, 5) is 11.8. The Morgan fingerprint density at radius 3 is 2.26 bits per heavy atom. The topological polar surface area (TPSA) is 61.4 Å². The maximum Gasteiger partial charge on any atom is 0.231 e. The van der Waals surface area contributed by atoms with Crippen LogP contribution in [-0.4, -0.2) is 16.1 Å². The Labute approximate surface area is 119 Å². The van der Waals surface area contributed by atoms with Gasteiger partial charge in [0, 0.05) is 5.41 Å². The second kappa shape index (κ2) is 5.57. The van der Waals surface area contributed by atoms with Crippen LogP contribution in [0.15, 0.2) is 12.1 Å². The lowest BCUT2D eigenvalue weighted by Crippen LogP contribution is -2.41. The summed E-state index contributed by atoms with van der Waals surface area (Å²) < 4.78 is 0. The number of amides is 1. The van der Waals surface area contributed by atoms with E-state index >= 15 is 0 Å². The number of aryl methyl sites for hydroxylation is 2. The smallest absolute Gasteiger partial charge is 0.231 e. The van der Waals surface area contributed by atoms with E-state index in [9.17, 15) is 9.90 Å². The van der Waals surface area contributed by atoms with Crippen LogP contribution in [-0.2, 0) is 4.79 Å². The number of hydrogen-bond acceptors (Lipinski definition) is 3. The Balaban J connectivity index is 2.78. The molecular weight excluding hydrogens is 260 g/mol. The standard InChI is InChI=1S/C14H20N2O2S/c1-8-6-10(11(17)7-9(8)2)15-13(19)16-12(18)14(3,4)5/h6-7,17H,1-5H3,(H2,15,16,18,19). The monoisotopic (exact) mass is 280 g/mol. The molecule has 5 heteroatoms. The lowest BCUT2D eigenvalue weighted by atomic mass is 9.96. The van der Waals surface area contributed by atoms with Crippen LogP contribution in [0.4, 0.5) is 5.69 Å². The number of anilines is 1. The molecule has 104 valence electrons. The van der Waals surface area contributed by atoms with E-state index in [1.165, 1.54) is 0 Å². The van der Waals surface area contributed by atoms with Gasteiger partial charge in [0.1, 0.15) is 5.75 Å². The molecule has 0 spiro atoms. The zero-order chi connectivity index (χ0) is 14.8. The predicted molar refractivity (Wildman–Crippen MR) is 81.4 cm³/mol. The first-order valence-corrected chi connectivity index (χ1v) is 6.44. The highest BCUT2D eigenvalue weighted by Gasteiger charge is 2.22. The fourth-order valence-electron chi connectivity index (χ4n) is 1.35. The molecule has 19 heavy (non-hydrogen) atoms. The average molecular weight is 280 g/mol. The third kappa shape index (κ3) is 4.21. The number of carbonyl (C=O) groups excluding carboxylic acids is 1. The van der Waals surface area contributed by atoms with Crippen molar-refractivity contribution in [3.8, 4) is 5.75 Å². The number of carbonyl (C=O) groups is 1. The molecule has 1 amide bonds.